The Labute approximate surface area is 144 Å². The molecule has 0 radical (unpaired) electrons. The summed E-state index contributed by atoms with van der Waals surface area (Å²) in [5, 5.41) is -0.328. The monoisotopic (exact) mass is 350 g/mol. The average molecular weight is 350 g/mol. The van der Waals surface area contributed by atoms with E-state index in [1.54, 1.807) is 13.8 Å². The van der Waals surface area contributed by atoms with Gasteiger partial charge in [-0.15, -0.1) is 0 Å². The Hall–Kier alpha value is -1.49. The number of ketones is 2. The quantitative estimate of drug-likeness (QED) is 0.641. The summed E-state index contributed by atoms with van der Waals surface area (Å²) in [5.74, 6) is 0.572. The van der Waals surface area contributed by atoms with Crippen molar-refractivity contribution >= 4 is 21.4 Å². The molecule has 2 rings (SSSR count). The molecule has 0 aliphatic heterocycles. The summed E-state index contributed by atoms with van der Waals surface area (Å²) in [6.45, 7) is 3.39. The molecule has 24 heavy (non-hydrogen) atoms. The Morgan fingerprint density at radius 2 is 1.88 bits per heavy atom. The lowest BCUT2D eigenvalue weighted by Gasteiger charge is -2.07. The first-order valence-corrected chi connectivity index (χ1v) is 10.4. The summed E-state index contributed by atoms with van der Waals surface area (Å²) in [4.78, 5) is 23.7. The molecule has 1 aromatic rings. The minimum atomic E-state index is -2.97. The van der Waals surface area contributed by atoms with Crippen molar-refractivity contribution in [3.63, 3.8) is 0 Å². The van der Waals surface area contributed by atoms with Crippen LogP contribution in [0.2, 0.25) is 0 Å². The number of benzene rings is 1. The molecule has 0 amide bonds. The molecule has 1 aromatic carbocycles. The zero-order chi connectivity index (χ0) is 17.7. The SMILES string of the molecule is CC(C)S(=O)(=O)CCCCCC(=O)Cc1ccc2c(c1)CCC2=O. The lowest BCUT2D eigenvalue weighted by Crippen LogP contribution is -2.17. The Morgan fingerprint density at radius 1 is 1.12 bits per heavy atom. The third-order valence-corrected chi connectivity index (χ3v) is 6.89. The van der Waals surface area contributed by atoms with E-state index in [0.29, 0.717) is 25.7 Å². The number of fused-ring (bicyclic) bond motifs is 1. The van der Waals surface area contributed by atoms with Crippen LogP contribution in [0.1, 0.15) is 67.4 Å². The van der Waals surface area contributed by atoms with Gasteiger partial charge >= 0.3 is 0 Å². The number of Topliss-reactive ketones (excluding diaryl/α,β-unsaturated/α-hetero) is 2. The molecule has 0 aromatic heterocycles. The number of unbranched alkanes of at least 4 members (excludes halogenated alkanes) is 2. The predicted molar refractivity (Wildman–Crippen MR) is 95.2 cm³/mol. The molecule has 0 saturated carbocycles. The van der Waals surface area contributed by atoms with Gasteiger partial charge in [0.15, 0.2) is 15.6 Å². The summed E-state index contributed by atoms with van der Waals surface area (Å²) in [6.07, 6.45) is 4.34. The number of hydrogen-bond donors (Lipinski definition) is 0. The van der Waals surface area contributed by atoms with Gasteiger partial charge in [-0.05, 0) is 44.2 Å². The minimum Gasteiger partial charge on any atom is -0.299 e. The van der Waals surface area contributed by atoms with Crippen molar-refractivity contribution in [2.45, 2.75) is 64.0 Å². The summed E-state index contributed by atoms with van der Waals surface area (Å²) in [5.41, 5.74) is 2.83. The van der Waals surface area contributed by atoms with Crippen LogP contribution < -0.4 is 0 Å². The summed E-state index contributed by atoms with van der Waals surface area (Å²) < 4.78 is 23.4. The number of rotatable bonds is 9. The molecule has 0 unspecified atom stereocenters. The average Bonchev–Trinajstić information content (AvgIpc) is 2.87. The zero-order valence-corrected chi connectivity index (χ0v) is 15.3. The van der Waals surface area contributed by atoms with Gasteiger partial charge in [-0.25, -0.2) is 8.42 Å². The van der Waals surface area contributed by atoms with Crippen LogP contribution in [0.5, 0.6) is 0 Å². The van der Waals surface area contributed by atoms with E-state index in [0.717, 1.165) is 36.0 Å². The molecular formula is C19H26O4S. The van der Waals surface area contributed by atoms with Gasteiger partial charge in [0.05, 0.1) is 11.0 Å². The highest BCUT2D eigenvalue weighted by atomic mass is 32.2. The van der Waals surface area contributed by atoms with Gasteiger partial charge in [0.2, 0.25) is 0 Å². The molecule has 5 heteroatoms. The molecule has 4 nitrogen and oxygen atoms in total. The number of sulfone groups is 1. The maximum absolute atomic E-state index is 12.1. The standard InChI is InChI=1S/C19H26O4S/c1-14(2)24(22,23)11-5-3-4-6-17(20)13-15-7-9-18-16(12-15)8-10-19(18)21/h7,9,12,14H,3-6,8,10-11,13H2,1-2H3. The number of aryl methyl sites for hydroxylation is 1. The second-order valence-electron chi connectivity index (χ2n) is 6.86. The maximum Gasteiger partial charge on any atom is 0.163 e. The summed E-state index contributed by atoms with van der Waals surface area (Å²) in [6, 6.07) is 5.69. The topological polar surface area (TPSA) is 68.3 Å². The zero-order valence-electron chi connectivity index (χ0n) is 14.5. The fraction of sp³-hybridized carbons (Fsp3) is 0.579. The van der Waals surface area contributed by atoms with Crippen molar-refractivity contribution in [1.82, 2.24) is 0 Å². The van der Waals surface area contributed by atoms with E-state index in [1.807, 2.05) is 18.2 Å². The lowest BCUT2D eigenvalue weighted by atomic mass is 10.0. The van der Waals surface area contributed by atoms with Crippen molar-refractivity contribution in [2.75, 3.05) is 5.75 Å². The lowest BCUT2D eigenvalue weighted by molar-refractivity contribution is -0.118. The van der Waals surface area contributed by atoms with Crippen molar-refractivity contribution in [1.29, 1.82) is 0 Å². The molecule has 0 fully saturated rings. The van der Waals surface area contributed by atoms with Crippen molar-refractivity contribution < 1.29 is 18.0 Å². The summed E-state index contributed by atoms with van der Waals surface area (Å²) in [7, 11) is -2.97. The van der Waals surface area contributed by atoms with E-state index in [1.165, 1.54) is 0 Å². The van der Waals surface area contributed by atoms with E-state index < -0.39 is 9.84 Å². The second kappa shape index (κ2) is 8.06. The van der Waals surface area contributed by atoms with Crippen molar-refractivity contribution in [3.8, 4) is 0 Å². The van der Waals surface area contributed by atoms with Crippen LogP contribution in [0.4, 0.5) is 0 Å². The minimum absolute atomic E-state index is 0.172. The molecule has 1 aliphatic carbocycles. The Morgan fingerprint density at radius 3 is 2.58 bits per heavy atom. The van der Waals surface area contributed by atoms with Crippen LogP contribution in [-0.2, 0) is 27.5 Å². The fourth-order valence-electron chi connectivity index (χ4n) is 2.97. The number of carbonyl (C=O) groups is 2. The highest BCUT2D eigenvalue weighted by molar-refractivity contribution is 7.91. The molecule has 0 N–H and O–H groups in total. The van der Waals surface area contributed by atoms with Gasteiger partial charge in [-0.2, -0.15) is 0 Å². The Balaban J connectivity index is 1.72. The van der Waals surface area contributed by atoms with Gasteiger partial charge in [0.1, 0.15) is 5.78 Å². The molecule has 1 aliphatic rings. The molecule has 0 bridgehead atoms. The first kappa shape index (κ1) is 18.8. The molecule has 0 heterocycles. The van der Waals surface area contributed by atoms with Crippen LogP contribution in [0.3, 0.4) is 0 Å². The van der Waals surface area contributed by atoms with Crippen LogP contribution in [0.15, 0.2) is 18.2 Å². The smallest absolute Gasteiger partial charge is 0.163 e. The van der Waals surface area contributed by atoms with E-state index in [-0.39, 0.29) is 22.6 Å². The van der Waals surface area contributed by atoms with Gasteiger partial charge in [-0.1, -0.05) is 24.6 Å². The Bertz CT molecular complexity index is 717. The largest absolute Gasteiger partial charge is 0.299 e. The van der Waals surface area contributed by atoms with E-state index >= 15 is 0 Å². The van der Waals surface area contributed by atoms with E-state index in [4.69, 9.17) is 0 Å². The summed E-state index contributed by atoms with van der Waals surface area (Å²) >= 11 is 0. The molecular weight excluding hydrogens is 324 g/mol. The maximum atomic E-state index is 12.1. The van der Waals surface area contributed by atoms with Crippen LogP contribution in [-0.4, -0.2) is 31.0 Å². The molecule has 0 atom stereocenters. The van der Waals surface area contributed by atoms with Gasteiger partial charge in [0, 0.05) is 24.8 Å². The van der Waals surface area contributed by atoms with E-state index in [2.05, 4.69) is 0 Å². The third kappa shape index (κ3) is 5.00. The van der Waals surface area contributed by atoms with Crippen LogP contribution >= 0.6 is 0 Å². The highest BCUT2D eigenvalue weighted by Crippen LogP contribution is 2.23. The predicted octanol–water partition coefficient (Wildman–Crippen LogP) is 3.31. The third-order valence-electron chi connectivity index (χ3n) is 4.60. The molecule has 132 valence electrons. The molecule has 0 spiro atoms. The number of hydrogen-bond acceptors (Lipinski definition) is 4. The first-order valence-electron chi connectivity index (χ1n) is 8.68. The van der Waals surface area contributed by atoms with Crippen LogP contribution in [0, 0.1) is 0 Å². The highest BCUT2D eigenvalue weighted by Gasteiger charge is 2.19. The van der Waals surface area contributed by atoms with Crippen molar-refractivity contribution in [3.05, 3.63) is 34.9 Å². The fourth-order valence-corrected chi connectivity index (χ4v) is 4.05. The second-order valence-corrected chi connectivity index (χ2v) is 9.53. The van der Waals surface area contributed by atoms with E-state index in [9.17, 15) is 18.0 Å². The first-order chi connectivity index (χ1) is 11.3. The van der Waals surface area contributed by atoms with Gasteiger partial charge < -0.3 is 0 Å². The van der Waals surface area contributed by atoms with Crippen LogP contribution in [0.25, 0.3) is 0 Å². The Kier molecular flexibility index (Phi) is 6.33. The number of carbonyl (C=O) groups excluding carboxylic acids is 2. The molecule has 0 saturated heterocycles. The normalized spacial score (nSPS) is 14.2. The van der Waals surface area contributed by atoms with Gasteiger partial charge in [-0.3, -0.25) is 9.59 Å². The van der Waals surface area contributed by atoms with Crippen molar-refractivity contribution in [2.24, 2.45) is 0 Å². The van der Waals surface area contributed by atoms with Gasteiger partial charge in [0.25, 0.3) is 0 Å².